The number of nitrogens with zero attached hydrogens (tertiary/aromatic N) is 1. The minimum absolute atomic E-state index is 0.0270. The third kappa shape index (κ3) is 3.35. The fourth-order valence-corrected chi connectivity index (χ4v) is 9.35. The Morgan fingerprint density at radius 2 is 1.90 bits per heavy atom. The van der Waals surface area contributed by atoms with Gasteiger partial charge in [0.25, 0.3) is 0 Å². The highest BCUT2D eigenvalue weighted by Gasteiger charge is 2.57. The Balaban J connectivity index is 1.40. The molecular weight excluding hydrogens is 436 g/mol. The van der Waals surface area contributed by atoms with Crippen LogP contribution in [0, 0.1) is 24.7 Å². The number of sulfonamides is 1. The van der Waals surface area contributed by atoms with Gasteiger partial charge in [-0.25, -0.2) is 8.42 Å². The third-order valence-electron chi connectivity index (χ3n) is 8.39. The molecular formula is C23H31ClN2O4S. The number of carbonyl (C=O) groups excluding carboxylic acids is 1. The van der Waals surface area contributed by atoms with E-state index < -0.39 is 21.2 Å². The van der Waals surface area contributed by atoms with E-state index in [1.165, 1.54) is 4.31 Å². The number of hydrogen-bond donors (Lipinski definition) is 2. The van der Waals surface area contributed by atoms with Gasteiger partial charge in [-0.3, -0.25) is 4.79 Å². The average Bonchev–Trinajstić information content (AvgIpc) is 3.09. The number of halogens is 1. The van der Waals surface area contributed by atoms with E-state index >= 15 is 0 Å². The Hall–Kier alpha value is -1.15. The van der Waals surface area contributed by atoms with E-state index in [9.17, 15) is 18.3 Å². The first-order valence-corrected chi connectivity index (χ1v) is 13.2. The number of nitrogens with one attached hydrogen (secondary N) is 1. The molecule has 31 heavy (non-hydrogen) atoms. The lowest BCUT2D eigenvalue weighted by atomic mass is 9.52. The van der Waals surface area contributed by atoms with Gasteiger partial charge in [0.2, 0.25) is 15.9 Å². The Bertz CT molecular complexity index is 1010. The van der Waals surface area contributed by atoms with Gasteiger partial charge in [-0.2, -0.15) is 4.31 Å². The molecule has 3 atom stereocenters. The number of benzene rings is 1. The second-order valence-corrected chi connectivity index (χ2v) is 12.7. The van der Waals surface area contributed by atoms with Crippen molar-refractivity contribution in [3.63, 3.8) is 0 Å². The molecule has 5 aliphatic rings. The van der Waals surface area contributed by atoms with Crippen molar-refractivity contribution in [1.29, 1.82) is 0 Å². The molecule has 2 N–H and O–H groups in total. The maximum absolute atomic E-state index is 13.6. The van der Waals surface area contributed by atoms with E-state index in [4.69, 9.17) is 11.6 Å². The second-order valence-electron chi connectivity index (χ2n) is 10.5. The maximum atomic E-state index is 13.6. The molecule has 0 aromatic heterocycles. The molecule has 0 radical (unpaired) electrons. The topological polar surface area (TPSA) is 86.7 Å². The lowest BCUT2D eigenvalue weighted by molar-refractivity contribution is -0.150. The quantitative estimate of drug-likeness (QED) is 0.713. The summed E-state index contributed by atoms with van der Waals surface area (Å²) in [6.07, 6.45) is 5.60. The summed E-state index contributed by atoms with van der Waals surface area (Å²) in [7, 11) is -3.87. The average molecular weight is 467 g/mol. The van der Waals surface area contributed by atoms with Crippen molar-refractivity contribution in [3.8, 4) is 0 Å². The van der Waals surface area contributed by atoms with Crippen molar-refractivity contribution in [2.75, 3.05) is 6.54 Å². The van der Waals surface area contributed by atoms with Crippen LogP contribution >= 0.6 is 11.6 Å². The lowest BCUT2D eigenvalue weighted by Crippen LogP contribution is -2.65. The molecule has 170 valence electrons. The van der Waals surface area contributed by atoms with E-state index in [0.29, 0.717) is 35.9 Å². The summed E-state index contributed by atoms with van der Waals surface area (Å²) in [4.78, 5) is 13.7. The van der Waals surface area contributed by atoms with Crippen LogP contribution < -0.4 is 5.32 Å². The van der Waals surface area contributed by atoms with Crippen LogP contribution in [-0.4, -0.2) is 47.5 Å². The van der Waals surface area contributed by atoms with Gasteiger partial charge >= 0.3 is 0 Å². The van der Waals surface area contributed by atoms with Crippen LogP contribution in [0.2, 0.25) is 5.02 Å². The molecule has 1 aromatic carbocycles. The zero-order valence-corrected chi connectivity index (χ0v) is 19.7. The van der Waals surface area contributed by atoms with Gasteiger partial charge in [0, 0.05) is 17.6 Å². The maximum Gasteiger partial charge on any atom is 0.244 e. The Morgan fingerprint density at radius 3 is 2.55 bits per heavy atom. The molecule has 8 heteroatoms. The van der Waals surface area contributed by atoms with Crippen molar-refractivity contribution in [1.82, 2.24) is 9.62 Å². The van der Waals surface area contributed by atoms with Crippen LogP contribution in [0.1, 0.15) is 57.4 Å². The summed E-state index contributed by atoms with van der Waals surface area (Å²) < 4.78 is 28.5. The van der Waals surface area contributed by atoms with Crippen LogP contribution in [0.4, 0.5) is 0 Å². The Kier molecular flexibility index (Phi) is 5.02. The molecule has 1 saturated heterocycles. The molecule has 4 bridgehead atoms. The highest BCUT2D eigenvalue weighted by Crippen LogP contribution is 2.55. The Morgan fingerprint density at radius 1 is 1.23 bits per heavy atom. The van der Waals surface area contributed by atoms with Gasteiger partial charge in [-0.1, -0.05) is 17.7 Å². The summed E-state index contributed by atoms with van der Waals surface area (Å²) in [5.74, 6) is 0.911. The number of rotatable bonds is 4. The first kappa shape index (κ1) is 21.7. The fraction of sp³-hybridized carbons (Fsp3) is 0.696. The third-order valence-corrected chi connectivity index (χ3v) is 11.0. The van der Waals surface area contributed by atoms with Gasteiger partial charge < -0.3 is 10.4 Å². The number of hydrogen-bond acceptors (Lipinski definition) is 4. The Labute approximate surface area is 189 Å². The molecule has 1 aromatic rings. The summed E-state index contributed by atoms with van der Waals surface area (Å²) in [5.41, 5.74) is -1.18. The van der Waals surface area contributed by atoms with Crippen molar-refractivity contribution in [2.45, 2.75) is 80.9 Å². The van der Waals surface area contributed by atoms with Crippen molar-refractivity contribution in [2.24, 2.45) is 17.8 Å². The number of carbonyl (C=O) groups is 1. The summed E-state index contributed by atoms with van der Waals surface area (Å²) in [6, 6.07) is 4.89. The number of amides is 1. The van der Waals surface area contributed by atoms with Crippen LogP contribution in [0.5, 0.6) is 0 Å². The van der Waals surface area contributed by atoms with Gasteiger partial charge in [0.1, 0.15) is 5.54 Å². The summed E-state index contributed by atoms with van der Waals surface area (Å²) in [6.45, 7) is 3.76. The molecule has 4 aliphatic carbocycles. The normalized spacial score (nSPS) is 39.7. The standard InChI is InChI=1S/C23H31ClN2O4S/c1-14-18(24)5-3-6-19(14)31(29,30)26-8-4-7-22(26,2)21(27)25-20-16-9-15-10-17(20)13-23(28,11-15)12-16/h3,5-6,15-17,20,28H,4,7-13H2,1-2H3,(H,25,27)/t15?,16?,17?,20?,22-,23?/m0/s1. The fourth-order valence-electron chi connectivity index (χ4n) is 7.06. The van der Waals surface area contributed by atoms with Crippen LogP contribution in [-0.2, 0) is 14.8 Å². The highest BCUT2D eigenvalue weighted by molar-refractivity contribution is 7.89. The van der Waals surface area contributed by atoms with Crippen LogP contribution in [0.3, 0.4) is 0 Å². The van der Waals surface area contributed by atoms with Gasteiger partial charge in [-0.05, 0) is 94.2 Å². The van der Waals surface area contributed by atoms with Gasteiger partial charge in [-0.15, -0.1) is 0 Å². The first-order chi connectivity index (χ1) is 14.5. The molecule has 1 heterocycles. The predicted octanol–water partition coefficient (Wildman–Crippen LogP) is 3.25. The smallest absolute Gasteiger partial charge is 0.244 e. The highest BCUT2D eigenvalue weighted by atomic mass is 35.5. The first-order valence-electron chi connectivity index (χ1n) is 11.3. The SMILES string of the molecule is Cc1c(Cl)cccc1S(=O)(=O)N1CCC[C@@]1(C)C(=O)NC1C2CC3CC1CC(O)(C3)C2. The van der Waals surface area contributed by atoms with Crippen molar-refractivity contribution in [3.05, 3.63) is 28.8 Å². The zero-order valence-electron chi connectivity index (χ0n) is 18.1. The predicted molar refractivity (Wildman–Crippen MR) is 118 cm³/mol. The van der Waals surface area contributed by atoms with E-state index in [1.807, 2.05) is 0 Å². The number of aliphatic hydroxyl groups is 1. The molecule has 6 nitrogen and oxygen atoms in total. The van der Waals surface area contributed by atoms with Gasteiger partial charge in [0.15, 0.2) is 0 Å². The van der Waals surface area contributed by atoms with Gasteiger partial charge in [0.05, 0.1) is 10.5 Å². The molecule has 1 amide bonds. The van der Waals surface area contributed by atoms with Crippen molar-refractivity contribution >= 4 is 27.5 Å². The molecule has 6 rings (SSSR count). The minimum Gasteiger partial charge on any atom is -0.390 e. The van der Waals surface area contributed by atoms with E-state index in [0.717, 1.165) is 32.1 Å². The minimum atomic E-state index is -3.87. The lowest BCUT2D eigenvalue weighted by Gasteiger charge is -2.58. The summed E-state index contributed by atoms with van der Waals surface area (Å²) in [5, 5.41) is 14.5. The molecule has 5 fully saturated rings. The zero-order chi connectivity index (χ0) is 22.2. The monoisotopic (exact) mass is 466 g/mol. The van der Waals surface area contributed by atoms with E-state index in [1.54, 1.807) is 32.0 Å². The van der Waals surface area contributed by atoms with Crippen LogP contribution in [0.25, 0.3) is 0 Å². The van der Waals surface area contributed by atoms with E-state index in [-0.39, 0.29) is 28.7 Å². The molecule has 0 spiro atoms. The van der Waals surface area contributed by atoms with Crippen LogP contribution in [0.15, 0.2) is 23.1 Å². The summed E-state index contributed by atoms with van der Waals surface area (Å²) >= 11 is 6.19. The molecule has 4 saturated carbocycles. The van der Waals surface area contributed by atoms with E-state index in [2.05, 4.69) is 5.32 Å². The molecule has 1 aliphatic heterocycles. The molecule has 2 unspecified atom stereocenters. The second kappa shape index (κ2) is 7.17. The van der Waals surface area contributed by atoms with Crippen molar-refractivity contribution < 1.29 is 18.3 Å². The largest absolute Gasteiger partial charge is 0.390 e.